The van der Waals surface area contributed by atoms with E-state index in [-0.39, 0.29) is 0 Å². The number of fused-ring (bicyclic) bond motifs is 9. The van der Waals surface area contributed by atoms with Gasteiger partial charge in [0, 0.05) is 0 Å². The molecule has 0 atom stereocenters. The van der Waals surface area contributed by atoms with Gasteiger partial charge in [-0.25, -0.2) is 0 Å². The van der Waals surface area contributed by atoms with Crippen LogP contribution in [0.25, 0.3) is 33.4 Å². The molecule has 51 heavy (non-hydrogen) atoms. The largest absolute Gasteiger partial charge is 0.0587 e. The van der Waals surface area contributed by atoms with Crippen molar-refractivity contribution in [2.75, 3.05) is 0 Å². The number of hydrogen-bond donors (Lipinski definition) is 0. The summed E-state index contributed by atoms with van der Waals surface area (Å²) in [7, 11) is 0. The Labute approximate surface area is 307 Å². The summed E-state index contributed by atoms with van der Waals surface area (Å²) in [5.41, 5.74) is 34.8. The van der Waals surface area contributed by atoms with Crippen molar-refractivity contribution in [1.82, 2.24) is 0 Å². The molecule has 0 saturated heterocycles. The monoisotopic (exact) mass is 666 g/mol. The normalized spacial score (nSPS) is 12.5. The van der Waals surface area contributed by atoms with Crippen molar-refractivity contribution in [1.29, 1.82) is 0 Å². The van der Waals surface area contributed by atoms with Gasteiger partial charge in [0.05, 0.1) is 0 Å². The summed E-state index contributed by atoms with van der Waals surface area (Å²) in [4.78, 5) is 0. The Morgan fingerprint density at radius 2 is 0.529 bits per heavy atom. The Morgan fingerprint density at radius 3 is 0.941 bits per heavy atom. The van der Waals surface area contributed by atoms with Gasteiger partial charge in [-0.15, -0.1) is 0 Å². The van der Waals surface area contributed by atoms with Crippen LogP contribution in [0.3, 0.4) is 0 Å². The van der Waals surface area contributed by atoms with E-state index < -0.39 is 0 Å². The smallest absolute Gasteiger partial charge is 0.00132 e. The maximum atomic E-state index is 2.36. The molecule has 0 N–H and O–H groups in total. The highest BCUT2D eigenvalue weighted by molar-refractivity contribution is 5.84. The van der Waals surface area contributed by atoms with E-state index in [9.17, 15) is 0 Å². The molecule has 0 heterocycles. The molecule has 0 nitrogen and oxygen atoms in total. The lowest BCUT2D eigenvalue weighted by Crippen LogP contribution is -1.91. The third-order valence-electron chi connectivity index (χ3n) is 12.6. The molecule has 0 saturated carbocycles. The minimum atomic E-state index is 1.10. The summed E-state index contributed by atoms with van der Waals surface area (Å²) in [6, 6.07) is 27.8. The number of hydrogen-bond acceptors (Lipinski definition) is 0. The molecule has 0 radical (unpaired) electrons. The first-order valence-electron chi connectivity index (χ1n) is 18.8. The highest BCUT2D eigenvalue weighted by Crippen LogP contribution is 2.43. The van der Waals surface area contributed by atoms with Crippen LogP contribution in [0, 0.1) is 83.1 Å². The van der Waals surface area contributed by atoms with Gasteiger partial charge in [-0.1, -0.05) is 72.8 Å². The number of rotatable bonds is 0. The molecule has 0 aromatic heterocycles. The summed E-state index contributed by atoms with van der Waals surface area (Å²) in [5, 5.41) is 0. The van der Waals surface area contributed by atoms with Crippen molar-refractivity contribution in [3.8, 4) is 33.4 Å². The summed E-state index contributed by atoms with van der Waals surface area (Å²) in [5.74, 6) is 0. The Bertz CT molecular complexity index is 2280. The zero-order valence-corrected chi connectivity index (χ0v) is 33.0. The second-order valence-corrected chi connectivity index (χ2v) is 15.9. The molecule has 6 aromatic rings. The van der Waals surface area contributed by atoms with Crippen LogP contribution in [-0.2, 0) is 19.3 Å². The Hall–Kier alpha value is -4.68. The standard InChI is InChI=1S/3C17H18/c1-10-5-14-9-15-6-11(2)13(4)8-17(15)16(14)7-12(10)3;1-10-5-7-14-9-15-8-6-11(2)13(4)17(15)16(14)12(10)3;1-10-5-6-14-9-15-7-11(2)12(3)8-16(15)17(14)13(10)4/h3*5-8H,9H2,1-4H3. The number of aryl methyl sites for hydroxylation is 9. The first kappa shape index (κ1) is 34.8. The van der Waals surface area contributed by atoms with Crippen LogP contribution >= 0.6 is 0 Å². The average Bonchev–Trinajstić information content (AvgIpc) is 3.76. The number of benzene rings is 6. The summed E-state index contributed by atoms with van der Waals surface area (Å²) in [6.07, 6.45) is 3.31. The average molecular weight is 667 g/mol. The molecular weight excluding hydrogens is 613 g/mol. The minimum Gasteiger partial charge on any atom is -0.0587 e. The van der Waals surface area contributed by atoms with E-state index in [0.717, 1.165) is 19.3 Å². The van der Waals surface area contributed by atoms with Crippen LogP contribution in [0.5, 0.6) is 0 Å². The van der Waals surface area contributed by atoms with Crippen molar-refractivity contribution >= 4 is 0 Å². The molecule has 0 amide bonds. The molecule has 3 aliphatic rings. The molecule has 6 aromatic carbocycles. The van der Waals surface area contributed by atoms with Crippen LogP contribution in [0.2, 0.25) is 0 Å². The zero-order valence-electron chi connectivity index (χ0n) is 33.0. The molecule has 3 aliphatic carbocycles. The van der Waals surface area contributed by atoms with Gasteiger partial charge in [0.1, 0.15) is 0 Å². The van der Waals surface area contributed by atoms with Gasteiger partial charge >= 0.3 is 0 Å². The molecule has 258 valence electrons. The van der Waals surface area contributed by atoms with Gasteiger partial charge in [-0.05, 0) is 236 Å². The first-order valence-corrected chi connectivity index (χ1v) is 18.8. The molecule has 0 heteroatoms. The molecule has 0 bridgehead atoms. The van der Waals surface area contributed by atoms with Crippen molar-refractivity contribution in [3.63, 3.8) is 0 Å². The van der Waals surface area contributed by atoms with Gasteiger partial charge in [0.15, 0.2) is 0 Å². The van der Waals surface area contributed by atoms with Gasteiger partial charge in [0.2, 0.25) is 0 Å². The zero-order chi connectivity index (χ0) is 36.5. The van der Waals surface area contributed by atoms with Crippen molar-refractivity contribution < 1.29 is 0 Å². The molecule has 9 rings (SSSR count). The van der Waals surface area contributed by atoms with E-state index in [2.05, 4.69) is 156 Å². The van der Waals surface area contributed by atoms with Gasteiger partial charge in [-0.2, -0.15) is 0 Å². The minimum absolute atomic E-state index is 1.10. The maximum Gasteiger partial charge on any atom is -0.00132 e. The highest BCUT2D eigenvalue weighted by atomic mass is 14.3. The first-order chi connectivity index (χ1) is 24.2. The van der Waals surface area contributed by atoms with E-state index >= 15 is 0 Å². The van der Waals surface area contributed by atoms with Gasteiger partial charge in [-0.3, -0.25) is 0 Å². The Morgan fingerprint density at radius 1 is 0.255 bits per heavy atom. The summed E-state index contributed by atoms with van der Waals surface area (Å²) < 4.78 is 0. The van der Waals surface area contributed by atoms with Crippen LogP contribution < -0.4 is 0 Å². The lowest BCUT2D eigenvalue weighted by molar-refractivity contribution is 1.21. The summed E-state index contributed by atoms with van der Waals surface area (Å²) >= 11 is 0. The third-order valence-corrected chi connectivity index (χ3v) is 12.6. The van der Waals surface area contributed by atoms with Gasteiger partial charge in [0.25, 0.3) is 0 Å². The van der Waals surface area contributed by atoms with Gasteiger partial charge < -0.3 is 0 Å². The lowest BCUT2D eigenvalue weighted by Gasteiger charge is -2.12. The van der Waals surface area contributed by atoms with Crippen LogP contribution in [-0.4, -0.2) is 0 Å². The van der Waals surface area contributed by atoms with Crippen molar-refractivity contribution in [2.24, 2.45) is 0 Å². The van der Waals surface area contributed by atoms with E-state index in [1.807, 2.05) is 0 Å². The van der Waals surface area contributed by atoms with Crippen LogP contribution in [0.15, 0.2) is 72.8 Å². The topological polar surface area (TPSA) is 0 Å². The van der Waals surface area contributed by atoms with Crippen molar-refractivity contribution in [3.05, 3.63) is 173 Å². The van der Waals surface area contributed by atoms with E-state index in [4.69, 9.17) is 0 Å². The third kappa shape index (κ3) is 6.08. The molecule has 0 aliphatic heterocycles. The fourth-order valence-electron chi connectivity index (χ4n) is 8.55. The van der Waals surface area contributed by atoms with E-state index in [1.54, 1.807) is 0 Å². The molecule has 0 fully saturated rings. The summed E-state index contributed by atoms with van der Waals surface area (Å²) in [6.45, 7) is 26.6. The Balaban J connectivity index is 0.000000119. The fraction of sp³-hybridized carbons (Fsp3) is 0.294. The van der Waals surface area contributed by atoms with E-state index in [0.29, 0.717) is 0 Å². The van der Waals surface area contributed by atoms with Crippen LogP contribution in [0.4, 0.5) is 0 Å². The Kier molecular flexibility index (Phi) is 8.95. The fourth-order valence-corrected chi connectivity index (χ4v) is 8.55. The maximum absolute atomic E-state index is 2.36. The predicted molar refractivity (Wildman–Crippen MR) is 221 cm³/mol. The second-order valence-electron chi connectivity index (χ2n) is 15.9. The highest BCUT2D eigenvalue weighted by Gasteiger charge is 2.24. The predicted octanol–water partition coefficient (Wildman–Crippen LogP) is 13.5. The SMILES string of the molecule is Cc1cc2c(cc1C)-c1c(ccc(C)c1C)C2.Cc1cc2c(cc1C)-c1cc(C)c(C)cc1C2.Cc1ccc2c(c1C)-c1c(ccc(C)c1C)C2. The molecule has 0 unspecified atom stereocenters. The van der Waals surface area contributed by atoms with E-state index in [1.165, 1.54) is 134 Å². The quantitative estimate of drug-likeness (QED) is 0.151. The van der Waals surface area contributed by atoms with Crippen LogP contribution in [0.1, 0.15) is 100 Å². The second kappa shape index (κ2) is 13.1. The molecular formula is C51H54. The van der Waals surface area contributed by atoms with Crippen molar-refractivity contribution in [2.45, 2.75) is 102 Å². The lowest BCUT2D eigenvalue weighted by atomic mass is 9.92. The molecule has 0 spiro atoms.